The summed E-state index contributed by atoms with van der Waals surface area (Å²) in [5, 5.41) is 5.70. The SMILES string of the molecule is COc1ccc(C)cc1NC(=O)N[C@@H]1CC(=O)N(c2ccc(C)c(C)c2)C1. The Balaban J connectivity index is 1.65. The highest BCUT2D eigenvalue weighted by Gasteiger charge is 2.31. The Morgan fingerprint density at radius 3 is 2.59 bits per heavy atom. The second-order valence-corrected chi connectivity index (χ2v) is 6.98. The summed E-state index contributed by atoms with van der Waals surface area (Å²) in [6.07, 6.45) is 0.283. The second kappa shape index (κ2) is 7.70. The van der Waals surface area contributed by atoms with E-state index in [9.17, 15) is 9.59 Å². The summed E-state index contributed by atoms with van der Waals surface area (Å²) in [7, 11) is 1.56. The van der Waals surface area contributed by atoms with Crippen LogP contribution in [0.3, 0.4) is 0 Å². The van der Waals surface area contributed by atoms with Crippen LogP contribution in [0.1, 0.15) is 23.1 Å². The smallest absolute Gasteiger partial charge is 0.319 e. The first kappa shape index (κ1) is 18.8. The van der Waals surface area contributed by atoms with Crippen LogP contribution >= 0.6 is 0 Å². The van der Waals surface area contributed by atoms with Gasteiger partial charge in [0.15, 0.2) is 0 Å². The Labute approximate surface area is 159 Å². The number of carbonyl (C=O) groups excluding carboxylic acids is 2. The predicted molar refractivity (Wildman–Crippen MR) is 107 cm³/mol. The van der Waals surface area contributed by atoms with Crippen molar-refractivity contribution in [2.24, 2.45) is 0 Å². The van der Waals surface area contributed by atoms with Crippen molar-refractivity contribution in [2.45, 2.75) is 33.2 Å². The summed E-state index contributed by atoms with van der Waals surface area (Å²) in [6, 6.07) is 10.9. The van der Waals surface area contributed by atoms with Crippen molar-refractivity contribution in [1.82, 2.24) is 5.32 Å². The summed E-state index contributed by atoms with van der Waals surface area (Å²) in [5.41, 5.74) is 4.81. The van der Waals surface area contributed by atoms with Crippen LogP contribution in [0.4, 0.5) is 16.2 Å². The van der Waals surface area contributed by atoms with Crippen molar-refractivity contribution in [3.8, 4) is 5.75 Å². The Hall–Kier alpha value is -3.02. The van der Waals surface area contributed by atoms with Crippen LogP contribution in [-0.4, -0.2) is 31.6 Å². The van der Waals surface area contributed by atoms with E-state index in [1.54, 1.807) is 12.0 Å². The van der Waals surface area contributed by atoms with Crippen molar-refractivity contribution < 1.29 is 14.3 Å². The normalized spacial score (nSPS) is 16.4. The molecule has 0 bridgehead atoms. The molecule has 0 radical (unpaired) electrons. The minimum absolute atomic E-state index is 0.0108. The topological polar surface area (TPSA) is 70.7 Å². The average Bonchev–Trinajstić information content (AvgIpc) is 2.97. The fraction of sp³-hybridized carbons (Fsp3) is 0.333. The van der Waals surface area contributed by atoms with E-state index in [1.165, 1.54) is 5.56 Å². The zero-order chi connectivity index (χ0) is 19.6. The lowest BCUT2D eigenvalue weighted by atomic mass is 10.1. The Morgan fingerprint density at radius 2 is 1.89 bits per heavy atom. The molecule has 6 heteroatoms. The molecular formula is C21H25N3O3. The zero-order valence-electron chi connectivity index (χ0n) is 16.1. The lowest BCUT2D eigenvalue weighted by Crippen LogP contribution is -2.39. The summed E-state index contributed by atoms with van der Waals surface area (Å²) in [5.74, 6) is 0.603. The number of ether oxygens (including phenoxy) is 1. The van der Waals surface area contributed by atoms with E-state index < -0.39 is 0 Å². The van der Waals surface area contributed by atoms with Gasteiger partial charge in [0.1, 0.15) is 5.75 Å². The zero-order valence-corrected chi connectivity index (χ0v) is 16.1. The maximum atomic E-state index is 12.4. The van der Waals surface area contributed by atoms with E-state index in [0.717, 1.165) is 16.8 Å². The van der Waals surface area contributed by atoms with Crippen molar-refractivity contribution >= 4 is 23.3 Å². The molecule has 3 amide bonds. The van der Waals surface area contributed by atoms with Gasteiger partial charge in [-0.3, -0.25) is 4.79 Å². The molecule has 0 aliphatic carbocycles. The van der Waals surface area contributed by atoms with Crippen molar-refractivity contribution in [3.05, 3.63) is 53.1 Å². The highest BCUT2D eigenvalue weighted by Crippen LogP contribution is 2.26. The van der Waals surface area contributed by atoms with E-state index >= 15 is 0 Å². The molecule has 0 spiro atoms. The van der Waals surface area contributed by atoms with E-state index in [0.29, 0.717) is 18.0 Å². The van der Waals surface area contributed by atoms with Crippen molar-refractivity contribution in [3.63, 3.8) is 0 Å². The molecule has 1 aliphatic heterocycles. The molecule has 27 heavy (non-hydrogen) atoms. The molecule has 1 aliphatic rings. The summed E-state index contributed by atoms with van der Waals surface area (Å²) >= 11 is 0. The number of carbonyl (C=O) groups is 2. The molecule has 1 saturated heterocycles. The van der Waals surface area contributed by atoms with Gasteiger partial charge in [-0.1, -0.05) is 12.1 Å². The monoisotopic (exact) mass is 367 g/mol. The molecule has 0 aromatic heterocycles. The number of anilines is 2. The van der Waals surface area contributed by atoms with Gasteiger partial charge in [-0.15, -0.1) is 0 Å². The largest absolute Gasteiger partial charge is 0.495 e. The van der Waals surface area contributed by atoms with Gasteiger partial charge in [0.25, 0.3) is 0 Å². The number of hydrogen-bond donors (Lipinski definition) is 2. The van der Waals surface area contributed by atoms with E-state index in [1.807, 2.05) is 57.2 Å². The highest BCUT2D eigenvalue weighted by molar-refractivity contribution is 5.98. The van der Waals surface area contributed by atoms with Crippen molar-refractivity contribution in [2.75, 3.05) is 23.9 Å². The Morgan fingerprint density at radius 1 is 1.11 bits per heavy atom. The molecule has 2 N–H and O–H groups in total. The van der Waals surface area contributed by atoms with Crippen LogP contribution in [0.15, 0.2) is 36.4 Å². The van der Waals surface area contributed by atoms with Crippen LogP contribution in [0.25, 0.3) is 0 Å². The average molecular weight is 367 g/mol. The third kappa shape index (κ3) is 4.22. The Bertz CT molecular complexity index is 879. The van der Waals surface area contributed by atoms with Crippen LogP contribution in [0.5, 0.6) is 5.75 Å². The van der Waals surface area contributed by atoms with Crippen LogP contribution in [0.2, 0.25) is 0 Å². The fourth-order valence-electron chi connectivity index (χ4n) is 3.21. The number of nitrogens with one attached hydrogen (secondary N) is 2. The second-order valence-electron chi connectivity index (χ2n) is 6.98. The molecule has 2 aromatic rings. The fourth-order valence-corrected chi connectivity index (χ4v) is 3.21. The maximum Gasteiger partial charge on any atom is 0.319 e. The van der Waals surface area contributed by atoms with Crippen LogP contribution < -0.4 is 20.3 Å². The number of urea groups is 1. The molecule has 1 fully saturated rings. The molecule has 1 heterocycles. The molecule has 1 atom stereocenters. The van der Waals surface area contributed by atoms with E-state index in [4.69, 9.17) is 4.74 Å². The number of hydrogen-bond acceptors (Lipinski definition) is 3. The highest BCUT2D eigenvalue weighted by atomic mass is 16.5. The van der Waals surface area contributed by atoms with Gasteiger partial charge in [-0.25, -0.2) is 4.79 Å². The maximum absolute atomic E-state index is 12.4. The third-order valence-electron chi connectivity index (χ3n) is 4.87. The number of benzene rings is 2. The van der Waals surface area contributed by atoms with Gasteiger partial charge in [0, 0.05) is 18.7 Å². The first-order chi connectivity index (χ1) is 12.9. The number of aryl methyl sites for hydroxylation is 3. The lowest BCUT2D eigenvalue weighted by molar-refractivity contribution is -0.117. The quantitative estimate of drug-likeness (QED) is 0.868. The number of rotatable bonds is 4. The molecule has 142 valence electrons. The van der Waals surface area contributed by atoms with Gasteiger partial charge in [0.05, 0.1) is 18.8 Å². The minimum atomic E-state index is -0.348. The molecule has 0 unspecified atom stereocenters. The Kier molecular flexibility index (Phi) is 5.35. The summed E-state index contributed by atoms with van der Waals surface area (Å²) in [4.78, 5) is 26.5. The van der Waals surface area contributed by atoms with Gasteiger partial charge >= 0.3 is 6.03 Å². The summed E-state index contributed by atoms with van der Waals surface area (Å²) in [6.45, 7) is 6.47. The van der Waals surface area contributed by atoms with Crippen LogP contribution in [-0.2, 0) is 4.79 Å². The predicted octanol–water partition coefficient (Wildman–Crippen LogP) is 3.55. The van der Waals surface area contributed by atoms with E-state index in [-0.39, 0.29) is 24.4 Å². The minimum Gasteiger partial charge on any atom is -0.495 e. The van der Waals surface area contributed by atoms with Crippen LogP contribution in [0, 0.1) is 20.8 Å². The molecule has 0 saturated carbocycles. The lowest BCUT2D eigenvalue weighted by Gasteiger charge is -2.19. The summed E-state index contributed by atoms with van der Waals surface area (Å²) < 4.78 is 5.28. The van der Waals surface area contributed by atoms with E-state index in [2.05, 4.69) is 10.6 Å². The van der Waals surface area contributed by atoms with Gasteiger partial charge in [-0.05, 0) is 61.7 Å². The third-order valence-corrected chi connectivity index (χ3v) is 4.87. The first-order valence-electron chi connectivity index (χ1n) is 8.97. The standard InChI is InChI=1S/C21H25N3O3/c1-13-5-8-19(27-4)18(9-13)23-21(26)22-16-11-20(25)24(12-16)17-7-6-14(2)15(3)10-17/h5-10,16H,11-12H2,1-4H3,(H2,22,23,26)/t16-/m1/s1. The molecule has 2 aromatic carbocycles. The number of methoxy groups -OCH3 is 1. The number of amides is 3. The number of nitrogens with zero attached hydrogens (tertiary/aromatic N) is 1. The molecule has 6 nitrogen and oxygen atoms in total. The van der Waals surface area contributed by atoms with Gasteiger partial charge in [0.2, 0.25) is 5.91 Å². The van der Waals surface area contributed by atoms with Gasteiger partial charge < -0.3 is 20.3 Å². The molecule has 3 rings (SSSR count). The van der Waals surface area contributed by atoms with Crippen molar-refractivity contribution in [1.29, 1.82) is 0 Å². The van der Waals surface area contributed by atoms with Gasteiger partial charge in [-0.2, -0.15) is 0 Å². The molecular weight excluding hydrogens is 342 g/mol. The first-order valence-corrected chi connectivity index (χ1v) is 8.97.